The van der Waals surface area contributed by atoms with Gasteiger partial charge in [-0.2, -0.15) is 26.3 Å². The molecule has 2 aliphatic heterocycles. The average Bonchev–Trinajstić information content (AvgIpc) is 3.44. The van der Waals surface area contributed by atoms with Crippen LogP contribution in [0, 0.1) is 5.41 Å². The molecule has 6 nitrogen and oxygen atoms in total. The zero-order valence-electron chi connectivity index (χ0n) is 23.3. The first-order valence-electron chi connectivity index (χ1n) is 13.7. The summed E-state index contributed by atoms with van der Waals surface area (Å²) in [6, 6.07) is 14.3. The number of hydrogen-bond acceptors (Lipinski definition) is 5. The molecular weight excluding hydrogens is 578 g/mol. The predicted octanol–water partition coefficient (Wildman–Crippen LogP) is 6.60. The van der Waals surface area contributed by atoms with Crippen molar-refractivity contribution in [2.75, 3.05) is 27.0 Å². The van der Waals surface area contributed by atoms with Gasteiger partial charge < -0.3 is 19.5 Å². The number of nitrogens with zero attached hydrogens (tertiary/aromatic N) is 1. The van der Waals surface area contributed by atoms with Crippen molar-refractivity contribution in [3.8, 4) is 17.2 Å². The van der Waals surface area contributed by atoms with Crippen molar-refractivity contribution in [3.63, 3.8) is 0 Å². The van der Waals surface area contributed by atoms with Gasteiger partial charge in [0.1, 0.15) is 5.75 Å². The average molecular weight is 609 g/mol. The molecule has 43 heavy (non-hydrogen) atoms. The van der Waals surface area contributed by atoms with E-state index in [0.717, 1.165) is 11.1 Å². The second kappa shape index (κ2) is 12.0. The Morgan fingerprint density at radius 3 is 2.05 bits per heavy atom. The Bertz CT molecular complexity index is 1420. The molecule has 1 saturated heterocycles. The molecule has 230 valence electrons. The number of benzene rings is 3. The van der Waals surface area contributed by atoms with Crippen LogP contribution in [0.15, 0.2) is 60.7 Å². The second-order valence-corrected chi connectivity index (χ2v) is 10.9. The first-order chi connectivity index (χ1) is 20.3. The third-order valence-corrected chi connectivity index (χ3v) is 7.94. The van der Waals surface area contributed by atoms with Crippen LogP contribution in [0.25, 0.3) is 0 Å². The number of piperidine rings is 1. The van der Waals surface area contributed by atoms with Crippen molar-refractivity contribution in [3.05, 3.63) is 88.5 Å². The molecule has 12 heteroatoms. The molecule has 0 unspecified atom stereocenters. The monoisotopic (exact) mass is 608 g/mol. The van der Waals surface area contributed by atoms with Gasteiger partial charge in [0, 0.05) is 13.1 Å². The number of carbonyl (C=O) groups is 1. The molecule has 0 radical (unpaired) electrons. The van der Waals surface area contributed by atoms with E-state index in [1.54, 1.807) is 12.1 Å². The summed E-state index contributed by atoms with van der Waals surface area (Å²) >= 11 is 0. The summed E-state index contributed by atoms with van der Waals surface area (Å²) < 4.78 is 96.2. The van der Waals surface area contributed by atoms with Crippen molar-refractivity contribution >= 4 is 5.91 Å². The summed E-state index contributed by atoms with van der Waals surface area (Å²) in [4.78, 5) is 15.9. The predicted molar refractivity (Wildman–Crippen MR) is 144 cm³/mol. The van der Waals surface area contributed by atoms with Gasteiger partial charge in [0.15, 0.2) is 11.5 Å². The standard InChI is InChI=1S/C31H30F6N2O4/c1-41-25-5-2-20(3-6-25)16-29(8-10-39(11-9-29)18-21-4-7-26-27(14-21)43-19-42-26)28(40)38-17-22-12-23(30(32,33)34)15-24(13-22)31(35,36)37/h2-7,12-15H,8-11,16-19H2,1H3,(H,38,40). The maximum absolute atomic E-state index is 13.7. The van der Waals surface area contributed by atoms with Crippen LogP contribution in [0.2, 0.25) is 0 Å². The van der Waals surface area contributed by atoms with E-state index in [1.807, 2.05) is 30.3 Å². The van der Waals surface area contributed by atoms with Crippen LogP contribution in [0.3, 0.4) is 0 Å². The molecule has 3 aromatic carbocycles. The summed E-state index contributed by atoms with van der Waals surface area (Å²) in [6.45, 7) is 1.42. The first-order valence-corrected chi connectivity index (χ1v) is 13.7. The molecule has 1 amide bonds. The number of methoxy groups -OCH3 is 1. The van der Waals surface area contributed by atoms with Crippen LogP contribution < -0.4 is 19.5 Å². The minimum Gasteiger partial charge on any atom is -0.497 e. The maximum atomic E-state index is 13.7. The quantitative estimate of drug-likeness (QED) is 0.292. The third-order valence-electron chi connectivity index (χ3n) is 7.94. The smallest absolute Gasteiger partial charge is 0.416 e. The highest BCUT2D eigenvalue weighted by atomic mass is 19.4. The number of rotatable bonds is 8. The fourth-order valence-electron chi connectivity index (χ4n) is 5.55. The van der Waals surface area contributed by atoms with Crippen molar-refractivity contribution < 1.29 is 45.3 Å². The number of carbonyl (C=O) groups excluding carboxylic acids is 1. The van der Waals surface area contributed by atoms with Crippen molar-refractivity contribution in [2.45, 2.75) is 44.7 Å². The lowest BCUT2D eigenvalue weighted by Gasteiger charge is -2.41. The highest BCUT2D eigenvalue weighted by Gasteiger charge is 2.42. The molecule has 0 bridgehead atoms. The van der Waals surface area contributed by atoms with E-state index in [4.69, 9.17) is 14.2 Å². The van der Waals surface area contributed by atoms with Crippen LogP contribution in [-0.2, 0) is 36.7 Å². The molecule has 2 aliphatic rings. The lowest BCUT2D eigenvalue weighted by Crippen LogP contribution is -2.49. The van der Waals surface area contributed by atoms with Gasteiger partial charge in [-0.15, -0.1) is 0 Å². The van der Waals surface area contributed by atoms with Gasteiger partial charge >= 0.3 is 12.4 Å². The van der Waals surface area contributed by atoms with Gasteiger partial charge in [-0.25, -0.2) is 0 Å². The van der Waals surface area contributed by atoms with E-state index in [9.17, 15) is 31.1 Å². The minimum atomic E-state index is -4.97. The zero-order valence-corrected chi connectivity index (χ0v) is 23.3. The van der Waals surface area contributed by atoms with Crippen molar-refractivity contribution in [1.29, 1.82) is 0 Å². The minimum absolute atomic E-state index is 0.0758. The second-order valence-electron chi connectivity index (χ2n) is 10.9. The highest BCUT2D eigenvalue weighted by molar-refractivity contribution is 5.83. The molecule has 0 aliphatic carbocycles. The van der Waals surface area contributed by atoms with Gasteiger partial charge in [-0.3, -0.25) is 9.69 Å². The summed E-state index contributed by atoms with van der Waals surface area (Å²) in [6.07, 6.45) is -8.73. The Hall–Kier alpha value is -3.93. The largest absolute Gasteiger partial charge is 0.497 e. The van der Waals surface area contributed by atoms with E-state index in [1.165, 1.54) is 7.11 Å². The van der Waals surface area contributed by atoms with Crippen LogP contribution in [0.4, 0.5) is 26.3 Å². The number of fused-ring (bicyclic) bond motifs is 1. The Morgan fingerprint density at radius 1 is 0.837 bits per heavy atom. The van der Waals surface area contributed by atoms with Gasteiger partial charge in [-0.05, 0) is 91.5 Å². The molecule has 1 N–H and O–H groups in total. The SMILES string of the molecule is COc1ccc(CC2(C(=O)NCc3cc(C(F)(F)F)cc(C(F)(F)F)c3)CCN(Cc3ccc4c(c3)OCO4)CC2)cc1. The van der Waals surface area contributed by atoms with E-state index < -0.39 is 41.3 Å². The third kappa shape index (κ3) is 7.18. The molecule has 1 fully saturated rings. The normalized spacial score (nSPS) is 16.6. The molecule has 0 saturated carbocycles. The van der Waals surface area contributed by atoms with E-state index >= 15 is 0 Å². The van der Waals surface area contributed by atoms with Crippen molar-refractivity contribution in [2.24, 2.45) is 5.41 Å². The fraction of sp³-hybridized carbons (Fsp3) is 0.387. The number of amides is 1. The molecule has 0 spiro atoms. The van der Waals surface area contributed by atoms with Crippen LogP contribution in [0.1, 0.15) is 40.7 Å². The van der Waals surface area contributed by atoms with Crippen LogP contribution in [-0.4, -0.2) is 37.8 Å². The van der Waals surface area contributed by atoms with Gasteiger partial charge in [0.2, 0.25) is 12.7 Å². The molecule has 2 heterocycles. The number of halogens is 6. The van der Waals surface area contributed by atoms with Crippen molar-refractivity contribution in [1.82, 2.24) is 10.2 Å². The number of ether oxygens (including phenoxy) is 3. The van der Waals surface area contributed by atoms with Crippen LogP contribution in [0.5, 0.6) is 17.2 Å². The Balaban J connectivity index is 1.33. The molecule has 5 rings (SSSR count). The lowest BCUT2D eigenvalue weighted by molar-refractivity contribution is -0.143. The van der Waals surface area contributed by atoms with Gasteiger partial charge in [0.05, 0.1) is 23.7 Å². The summed E-state index contributed by atoms with van der Waals surface area (Å²) in [5.41, 5.74) is -2.17. The number of alkyl halides is 6. The zero-order chi connectivity index (χ0) is 30.8. The van der Waals surface area contributed by atoms with Gasteiger partial charge in [0.25, 0.3) is 0 Å². The Labute approximate surface area is 244 Å². The first kappa shape index (κ1) is 30.5. The number of nitrogens with one attached hydrogen (secondary N) is 1. The Morgan fingerprint density at radius 2 is 1.44 bits per heavy atom. The molecular formula is C31H30F6N2O4. The van der Waals surface area contributed by atoms with Crippen LogP contribution >= 0.6 is 0 Å². The van der Waals surface area contributed by atoms with E-state index in [2.05, 4.69) is 10.2 Å². The summed E-state index contributed by atoms with van der Waals surface area (Å²) in [7, 11) is 1.54. The summed E-state index contributed by atoms with van der Waals surface area (Å²) in [5.74, 6) is 1.58. The lowest BCUT2D eigenvalue weighted by atomic mass is 9.72. The topological polar surface area (TPSA) is 60.0 Å². The number of hydrogen-bond donors (Lipinski definition) is 1. The summed E-state index contributed by atoms with van der Waals surface area (Å²) in [5, 5.41) is 2.66. The molecule has 0 atom stereocenters. The Kier molecular flexibility index (Phi) is 8.51. The maximum Gasteiger partial charge on any atom is 0.416 e. The van der Waals surface area contributed by atoms with E-state index in [0.29, 0.717) is 68.3 Å². The molecule has 3 aromatic rings. The van der Waals surface area contributed by atoms with Gasteiger partial charge in [-0.1, -0.05) is 18.2 Å². The molecule has 0 aromatic heterocycles. The fourth-order valence-corrected chi connectivity index (χ4v) is 5.55. The highest BCUT2D eigenvalue weighted by Crippen LogP contribution is 2.39. The van der Waals surface area contributed by atoms with E-state index in [-0.39, 0.29) is 18.4 Å². The number of likely N-dealkylation sites (tertiary alicyclic amines) is 1.